The molecule has 1 N–H and O–H groups in total. The summed E-state index contributed by atoms with van der Waals surface area (Å²) in [6, 6.07) is 15.8. The summed E-state index contributed by atoms with van der Waals surface area (Å²) >= 11 is 3.48. The van der Waals surface area contributed by atoms with Crippen LogP contribution in [0.25, 0.3) is 0 Å². The van der Waals surface area contributed by atoms with Crippen LogP contribution in [0.4, 0.5) is 11.4 Å². The summed E-state index contributed by atoms with van der Waals surface area (Å²) in [7, 11) is 0. The number of nitrogens with zero attached hydrogens (tertiary/aromatic N) is 1. The number of rotatable bonds is 5. The topological polar surface area (TPSA) is 32.3 Å². The summed E-state index contributed by atoms with van der Waals surface area (Å²) in [4.78, 5) is 14.2. The standard InChI is InChI=1S/C17H19BrN2O/c1-3-20(15-7-5-4-6-8-15)12-17(21)19-14-10-9-13(2)16(18)11-14/h4-11H,3,12H2,1-2H3,(H,19,21). The van der Waals surface area contributed by atoms with Crippen LogP contribution in [0.2, 0.25) is 0 Å². The molecule has 0 heterocycles. The fourth-order valence-electron chi connectivity index (χ4n) is 2.07. The molecule has 0 saturated heterocycles. The minimum atomic E-state index is -0.0172. The second kappa shape index (κ2) is 7.27. The molecule has 0 spiro atoms. The minimum absolute atomic E-state index is 0.0172. The Bertz CT molecular complexity index is 613. The van der Waals surface area contributed by atoms with Gasteiger partial charge in [0.05, 0.1) is 6.54 Å². The molecule has 0 aromatic heterocycles. The second-order valence-electron chi connectivity index (χ2n) is 4.86. The van der Waals surface area contributed by atoms with Crippen molar-refractivity contribution in [2.24, 2.45) is 0 Å². The first-order valence-corrected chi connectivity index (χ1v) is 7.75. The molecular formula is C17H19BrN2O. The largest absolute Gasteiger partial charge is 0.362 e. The van der Waals surface area contributed by atoms with E-state index in [4.69, 9.17) is 0 Å². The van der Waals surface area contributed by atoms with E-state index in [2.05, 4.69) is 21.2 Å². The Kier molecular flexibility index (Phi) is 5.39. The molecule has 1 amide bonds. The van der Waals surface area contributed by atoms with Crippen molar-refractivity contribution in [3.8, 4) is 0 Å². The Balaban J connectivity index is 2.01. The molecule has 0 aliphatic heterocycles. The molecule has 2 aromatic carbocycles. The van der Waals surface area contributed by atoms with Crippen LogP contribution in [0.3, 0.4) is 0 Å². The predicted octanol–water partition coefficient (Wildman–Crippen LogP) is 4.22. The average molecular weight is 347 g/mol. The van der Waals surface area contributed by atoms with Crippen LogP contribution >= 0.6 is 15.9 Å². The van der Waals surface area contributed by atoms with E-state index in [-0.39, 0.29) is 5.91 Å². The molecule has 4 heteroatoms. The van der Waals surface area contributed by atoms with Crippen LogP contribution in [0.5, 0.6) is 0 Å². The molecule has 2 aromatic rings. The highest BCUT2D eigenvalue weighted by Gasteiger charge is 2.10. The first-order chi connectivity index (χ1) is 10.1. The average Bonchev–Trinajstić information content (AvgIpc) is 2.49. The number of anilines is 2. The number of para-hydroxylation sites is 1. The number of aryl methyl sites for hydroxylation is 1. The Morgan fingerprint density at radius 3 is 2.52 bits per heavy atom. The van der Waals surface area contributed by atoms with Crippen LogP contribution in [-0.2, 0) is 4.79 Å². The molecule has 0 aliphatic rings. The molecule has 0 saturated carbocycles. The van der Waals surface area contributed by atoms with Crippen LogP contribution in [-0.4, -0.2) is 19.0 Å². The van der Waals surface area contributed by atoms with Crippen molar-refractivity contribution in [3.63, 3.8) is 0 Å². The molecule has 0 radical (unpaired) electrons. The molecule has 0 aliphatic carbocycles. The molecule has 0 unspecified atom stereocenters. The number of hydrogen-bond acceptors (Lipinski definition) is 2. The number of benzene rings is 2. The van der Waals surface area contributed by atoms with Gasteiger partial charge in [0, 0.05) is 22.4 Å². The third kappa shape index (κ3) is 4.33. The second-order valence-corrected chi connectivity index (χ2v) is 5.72. The monoisotopic (exact) mass is 346 g/mol. The third-order valence-corrected chi connectivity index (χ3v) is 4.15. The van der Waals surface area contributed by atoms with Crippen LogP contribution in [0, 0.1) is 6.92 Å². The van der Waals surface area contributed by atoms with Gasteiger partial charge >= 0.3 is 0 Å². The molecule has 110 valence electrons. The van der Waals surface area contributed by atoms with Gasteiger partial charge in [0.2, 0.25) is 5.91 Å². The highest BCUT2D eigenvalue weighted by molar-refractivity contribution is 9.10. The Morgan fingerprint density at radius 2 is 1.90 bits per heavy atom. The van der Waals surface area contributed by atoms with Crippen molar-refractivity contribution in [2.75, 3.05) is 23.3 Å². The van der Waals surface area contributed by atoms with Gasteiger partial charge in [0.15, 0.2) is 0 Å². The number of nitrogens with one attached hydrogen (secondary N) is 1. The Hall–Kier alpha value is -1.81. The number of carbonyl (C=O) groups excluding carboxylic acids is 1. The zero-order valence-electron chi connectivity index (χ0n) is 12.3. The summed E-state index contributed by atoms with van der Waals surface area (Å²) in [6.07, 6.45) is 0. The highest BCUT2D eigenvalue weighted by Crippen LogP contribution is 2.20. The van der Waals surface area contributed by atoms with Crippen molar-refractivity contribution >= 4 is 33.2 Å². The van der Waals surface area contributed by atoms with Gasteiger partial charge in [0.25, 0.3) is 0 Å². The fourth-order valence-corrected chi connectivity index (χ4v) is 2.45. The molecule has 3 nitrogen and oxygen atoms in total. The van der Waals surface area contributed by atoms with Gasteiger partial charge in [-0.05, 0) is 43.7 Å². The lowest BCUT2D eigenvalue weighted by Crippen LogP contribution is -2.33. The van der Waals surface area contributed by atoms with Crippen molar-refractivity contribution in [1.29, 1.82) is 0 Å². The van der Waals surface area contributed by atoms with E-state index in [0.717, 1.165) is 28.0 Å². The summed E-state index contributed by atoms with van der Waals surface area (Å²) in [6.45, 7) is 5.19. The summed E-state index contributed by atoms with van der Waals surface area (Å²) in [5.41, 5.74) is 3.01. The lowest BCUT2D eigenvalue weighted by atomic mass is 10.2. The number of carbonyl (C=O) groups is 1. The molecule has 21 heavy (non-hydrogen) atoms. The van der Waals surface area contributed by atoms with Gasteiger partial charge in [-0.3, -0.25) is 4.79 Å². The SMILES string of the molecule is CCN(CC(=O)Nc1ccc(C)c(Br)c1)c1ccccc1. The number of halogens is 1. The van der Waals surface area contributed by atoms with E-state index in [1.165, 1.54) is 0 Å². The van der Waals surface area contributed by atoms with Crippen LogP contribution in [0.1, 0.15) is 12.5 Å². The number of hydrogen-bond donors (Lipinski definition) is 1. The van der Waals surface area contributed by atoms with E-state index >= 15 is 0 Å². The Labute approximate surface area is 134 Å². The van der Waals surface area contributed by atoms with E-state index in [1.807, 2.05) is 67.3 Å². The molecule has 0 atom stereocenters. The smallest absolute Gasteiger partial charge is 0.243 e. The first kappa shape index (κ1) is 15.6. The highest BCUT2D eigenvalue weighted by atomic mass is 79.9. The normalized spacial score (nSPS) is 10.2. The van der Waals surface area contributed by atoms with Gasteiger partial charge in [-0.2, -0.15) is 0 Å². The number of likely N-dealkylation sites (N-methyl/N-ethyl adjacent to an activating group) is 1. The van der Waals surface area contributed by atoms with E-state index in [9.17, 15) is 4.79 Å². The Morgan fingerprint density at radius 1 is 1.19 bits per heavy atom. The molecule has 0 bridgehead atoms. The van der Waals surface area contributed by atoms with Crippen LogP contribution < -0.4 is 10.2 Å². The summed E-state index contributed by atoms with van der Waals surface area (Å²) < 4.78 is 0.996. The zero-order valence-corrected chi connectivity index (χ0v) is 13.9. The maximum atomic E-state index is 12.2. The zero-order chi connectivity index (χ0) is 15.2. The van der Waals surface area contributed by atoms with Gasteiger partial charge in [-0.1, -0.05) is 40.2 Å². The third-order valence-electron chi connectivity index (χ3n) is 3.29. The number of amides is 1. The van der Waals surface area contributed by atoms with Gasteiger partial charge in [0.1, 0.15) is 0 Å². The maximum absolute atomic E-state index is 12.2. The van der Waals surface area contributed by atoms with Gasteiger partial charge in [-0.25, -0.2) is 0 Å². The van der Waals surface area contributed by atoms with Gasteiger partial charge in [-0.15, -0.1) is 0 Å². The van der Waals surface area contributed by atoms with E-state index in [0.29, 0.717) is 6.54 Å². The lowest BCUT2D eigenvalue weighted by molar-refractivity contribution is -0.115. The first-order valence-electron chi connectivity index (χ1n) is 6.96. The van der Waals surface area contributed by atoms with Gasteiger partial charge < -0.3 is 10.2 Å². The van der Waals surface area contributed by atoms with Crippen molar-refractivity contribution in [3.05, 3.63) is 58.6 Å². The van der Waals surface area contributed by atoms with Crippen molar-refractivity contribution in [1.82, 2.24) is 0 Å². The summed E-state index contributed by atoms with van der Waals surface area (Å²) in [5, 5.41) is 2.93. The molecule has 0 fully saturated rings. The van der Waals surface area contributed by atoms with E-state index < -0.39 is 0 Å². The maximum Gasteiger partial charge on any atom is 0.243 e. The summed E-state index contributed by atoms with van der Waals surface area (Å²) in [5.74, 6) is -0.0172. The molecule has 2 rings (SSSR count). The van der Waals surface area contributed by atoms with E-state index in [1.54, 1.807) is 0 Å². The minimum Gasteiger partial charge on any atom is -0.362 e. The van der Waals surface area contributed by atoms with Crippen molar-refractivity contribution in [2.45, 2.75) is 13.8 Å². The predicted molar refractivity (Wildman–Crippen MR) is 91.8 cm³/mol. The van der Waals surface area contributed by atoms with Crippen LogP contribution in [0.15, 0.2) is 53.0 Å². The quantitative estimate of drug-likeness (QED) is 0.878. The lowest BCUT2D eigenvalue weighted by Gasteiger charge is -2.22. The molecular weight excluding hydrogens is 328 g/mol. The fraction of sp³-hybridized carbons (Fsp3) is 0.235. The van der Waals surface area contributed by atoms with Crippen molar-refractivity contribution < 1.29 is 4.79 Å².